The number of anilines is 2. The van der Waals surface area contributed by atoms with Crippen molar-refractivity contribution < 1.29 is 23.1 Å². The molecule has 5 nitrogen and oxygen atoms in total. The summed E-state index contributed by atoms with van der Waals surface area (Å²) in [6, 6.07) is 9.56. The number of benzene rings is 2. The maximum absolute atomic E-state index is 13.7. The fourth-order valence-electron chi connectivity index (χ4n) is 2.48. The predicted molar refractivity (Wildman–Crippen MR) is 83.9 cm³/mol. The van der Waals surface area contributed by atoms with Crippen LogP contribution in [-0.2, 0) is 9.59 Å². The Balaban J connectivity index is 1.84. The second kappa shape index (κ2) is 6.27. The van der Waals surface area contributed by atoms with Gasteiger partial charge in [-0.2, -0.15) is 0 Å². The molecular weight excluding hydrogens is 318 g/mol. The van der Waals surface area contributed by atoms with Crippen molar-refractivity contribution in [2.75, 3.05) is 16.8 Å². The van der Waals surface area contributed by atoms with Gasteiger partial charge in [0.2, 0.25) is 5.91 Å². The van der Waals surface area contributed by atoms with Gasteiger partial charge in [0.1, 0.15) is 17.4 Å². The zero-order valence-corrected chi connectivity index (χ0v) is 12.8. The Morgan fingerprint density at radius 2 is 1.96 bits per heavy atom. The van der Waals surface area contributed by atoms with Crippen LogP contribution in [0.5, 0.6) is 5.75 Å². The summed E-state index contributed by atoms with van der Waals surface area (Å²) < 4.78 is 32.5. The zero-order chi connectivity index (χ0) is 17.3. The fourth-order valence-corrected chi connectivity index (χ4v) is 2.48. The van der Waals surface area contributed by atoms with Crippen molar-refractivity contribution in [2.45, 2.75) is 13.0 Å². The molecule has 2 aromatic rings. The molecule has 124 valence electrons. The summed E-state index contributed by atoms with van der Waals surface area (Å²) >= 11 is 0. The molecule has 1 atom stereocenters. The summed E-state index contributed by atoms with van der Waals surface area (Å²) in [6.07, 6.45) is -1.04. The maximum atomic E-state index is 13.7. The highest BCUT2D eigenvalue weighted by Crippen LogP contribution is 2.33. The van der Waals surface area contributed by atoms with Crippen molar-refractivity contribution >= 4 is 23.2 Å². The van der Waals surface area contributed by atoms with Crippen molar-refractivity contribution in [3.63, 3.8) is 0 Å². The Labute approximate surface area is 136 Å². The third-order valence-electron chi connectivity index (χ3n) is 3.63. The lowest BCUT2D eigenvalue weighted by molar-refractivity contribution is -0.123. The van der Waals surface area contributed by atoms with E-state index in [1.54, 1.807) is 24.3 Å². The summed E-state index contributed by atoms with van der Waals surface area (Å²) in [7, 11) is 0. The minimum absolute atomic E-state index is 0.0187. The molecule has 24 heavy (non-hydrogen) atoms. The van der Waals surface area contributed by atoms with E-state index >= 15 is 0 Å². The second-order valence-corrected chi connectivity index (χ2v) is 5.32. The maximum Gasteiger partial charge on any atom is 0.267 e. The molecule has 1 aliphatic rings. The standard InChI is InChI=1S/C17H14F2N2O3/c1-10(22)21-9-16(24-15-5-3-2-4-14(15)21)17(23)20-13-8-11(18)6-7-12(13)19/h2-8,16H,9H2,1H3,(H,20,23)/t16-/m0/s1. The molecule has 1 N–H and O–H groups in total. The average Bonchev–Trinajstić information content (AvgIpc) is 2.57. The van der Waals surface area contributed by atoms with Gasteiger partial charge in [-0.05, 0) is 24.3 Å². The van der Waals surface area contributed by atoms with Crippen LogP contribution in [-0.4, -0.2) is 24.5 Å². The molecule has 0 aliphatic carbocycles. The molecule has 0 unspecified atom stereocenters. The van der Waals surface area contributed by atoms with Gasteiger partial charge in [0.15, 0.2) is 6.10 Å². The van der Waals surface area contributed by atoms with E-state index < -0.39 is 23.6 Å². The highest BCUT2D eigenvalue weighted by molar-refractivity contribution is 5.99. The number of hydrogen-bond acceptors (Lipinski definition) is 3. The lowest BCUT2D eigenvalue weighted by Gasteiger charge is -2.33. The van der Waals surface area contributed by atoms with Crippen LogP contribution in [0, 0.1) is 11.6 Å². The van der Waals surface area contributed by atoms with Crippen molar-refractivity contribution in [3.05, 3.63) is 54.1 Å². The number of halogens is 2. The van der Waals surface area contributed by atoms with E-state index in [1.165, 1.54) is 11.8 Å². The molecule has 0 bridgehead atoms. The molecule has 0 spiro atoms. The second-order valence-electron chi connectivity index (χ2n) is 5.32. The molecule has 3 rings (SSSR count). The molecule has 0 saturated carbocycles. The first kappa shape index (κ1) is 15.9. The highest BCUT2D eigenvalue weighted by Gasteiger charge is 2.32. The molecule has 2 aromatic carbocycles. The van der Waals surface area contributed by atoms with Crippen molar-refractivity contribution in [1.82, 2.24) is 0 Å². The number of nitrogens with zero attached hydrogens (tertiary/aromatic N) is 1. The van der Waals surface area contributed by atoms with E-state index in [0.29, 0.717) is 11.4 Å². The number of carbonyl (C=O) groups excluding carboxylic acids is 2. The van der Waals surface area contributed by atoms with Crippen LogP contribution >= 0.6 is 0 Å². The zero-order valence-electron chi connectivity index (χ0n) is 12.8. The van der Waals surface area contributed by atoms with Crippen LogP contribution in [0.15, 0.2) is 42.5 Å². The van der Waals surface area contributed by atoms with E-state index in [9.17, 15) is 18.4 Å². The Morgan fingerprint density at radius 1 is 1.21 bits per heavy atom. The SMILES string of the molecule is CC(=O)N1C[C@@H](C(=O)Nc2cc(F)ccc2F)Oc2ccccc21. The topological polar surface area (TPSA) is 58.6 Å². The van der Waals surface area contributed by atoms with Crippen LogP contribution in [0.25, 0.3) is 0 Å². The predicted octanol–water partition coefficient (Wildman–Crippen LogP) is 2.72. The number of carbonyl (C=O) groups is 2. The lowest BCUT2D eigenvalue weighted by Crippen LogP contribution is -2.48. The summed E-state index contributed by atoms with van der Waals surface area (Å²) in [6.45, 7) is 1.36. The Morgan fingerprint density at radius 3 is 2.71 bits per heavy atom. The lowest BCUT2D eigenvalue weighted by atomic mass is 10.1. The number of amides is 2. The molecule has 0 aromatic heterocycles. The number of ether oxygens (including phenoxy) is 1. The largest absolute Gasteiger partial charge is 0.476 e. The molecule has 7 heteroatoms. The highest BCUT2D eigenvalue weighted by atomic mass is 19.1. The number of nitrogens with one attached hydrogen (secondary N) is 1. The van der Waals surface area contributed by atoms with Gasteiger partial charge in [0, 0.05) is 13.0 Å². The number of rotatable bonds is 2. The minimum atomic E-state index is -1.04. The van der Waals surface area contributed by atoms with Crippen LogP contribution in [0.1, 0.15) is 6.92 Å². The first-order valence-electron chi connectivity index (χ1n) is 7.25. The van der Waals surface area contributed by atoms with E-state index in [0.717, 1.165) is 18.2 Å². The number of hydrogen-bond donors (Lipinski definition) is 1. The van der Waals surface area contributed by atoms with E-state index in [1.807, 2.05) is 0 Å². The molecule has 2 amide bonds. The number of fused-ring (bicyclic) bond motifs is 1. The van der Waals surface area contributed by atoms with Gasteiger partial charge in [-0.15, -0.1) is 0 Å². The monoisotopic (exact) mass is 332 g/mol. The minimum Gasteiger partial charge on any atom is -0.476 e. The van der Waals surface area contributed by atoms with Gasteiger partial charge in [0.05, 0.1) is 17.9 Å². The van der Waals surface area contributed by atoms with Crippen molar-refractivity contribution in [2.24, 2.45) is 0 Å². The van der Waals surface area contributed by atoms with E-state index in [2.05, 4.69) is 5.32 Å². The third kappa shape index (κ3) is 3.05. The summed E-state index contributed by atoms with van der Waals surface area (Å²) in [5, 5.41) is 2.29. The molecule has 1 aliphatic heterocycles. The van der Waals surface area contributed by atoms with Crippen LogP contribution in [0.4, 0.5) is 20.2 Å². The normalized spacial score (nSPS) is 16.1. The Hall–Kier alpha value is -2.96. The smallest absolute Gasteiger partial charge is 0.267 e. The Kier molecular flexibility index (Phi) is 4.16. The number of para-hydroxylation sites is 2. The van der Waals surface area contributed by atoms with Gasteiger partial charge in [-0.3, -0.25) is 9.59 Å². The van der Waals surface area contributed by atoms with Crippen molar-refractivity contribution in [3.8, 4) is 5.75 Å². The van der Waals surface area contributed by atoms with Crippen LogP contribution in [0.3, 0.4) is 0 Å². The molecule has 0 saturated heterocycles. The first-order valence-corrected chi connectivity index (χ1v) is 7.25. The van der Waals surface area contributed by atoms with Gasteiger partial charge < -0.3 is 15.0 Å². The van der Waals surface area contributed by atoms with Crippen LogP contribution in [0.2, 0.25) is 0 Å². The summed E-state index contributed by atoms with van der Waals surface area (Å²) in [4.78, 5) is 25.6. The van der Waals surface area contributed by atoms with Crippen LogP contribution < -0.4 is 15.0 Å². The molecule has 0 fully saturated rings. The molecule has 1 heterocycles. The van der Waals surface area contributed by atoms with E-state index in [-0.39, 0.29) is 18.1 Å². The third-order valence-corrected chi connectivity index (χ3v) is 3.63. The van der Waals surface area contributed by atoms with E-state index in [4.69, 9.17) is 4.74 Å². The molecule has 0 radical (unpaired) electrons. The van der Waals surface area contributed by atoms with Gasteiger partial charge >= 0.3 is 0 Å². The van der Waals surface area contributed by atoms with Crippen molar-refractivity contribution in [1.29, 1.82) is 0 Å². The quantitative estimate of drug-likeness (QED) is 0.920. The summed E-state index contributed by atoms with van der Waals surface area (Å²) in [5.74, 6) is -1.98. The Bertz CT molecular complexity index is 810. The first-order chi connectivity index (χ1) is 11.5. The van der Waals surface area contributed by atoms with Gasteiger partial charge in [-0.1, -0.05) is 12.1 Å². The fraction of sp³-hybridized carbons (Fsp3) is 0.176. The average molecular weight is 332 g/mol. The van der Waals surface area contributed by atoms with Gasteiger partial charge in [-0.25, -0.2) is 8.78 Å². The van der Waals surface area contributed by atoms with Gasteiger partial charge in [0.25, 0.3) is 5.91 Å². The summed E-state index contributed by atoms with van der Waals surface area (Å²) in [5.41, 5.74) is 0.280. The molecular formula is C17H14F2N2O3.